The van der Waals surface area contributed by atoms with Gasteiger partial charge in [0.2, 0.25) is 11.8 Å². The number of nitrogens with zero attached hydrogens (tertiary/aromatic N) is 1. The molecular formula is C22H32N2O3. The third-order valence-corrected chi connectivity index (χ3v) is 5.66. The average Bonchev–Trinajstić information content (AvgIpc) is 2.98. The molecule has 148 valence electrons. The van der Waals surface area contributed by atoms with Gasteiger partial charge < -0.3 is 10.1 Å². The van der Waals surface area contributed by atoms with E-state index in [1.165, 1.54) is 0 Å². The van der Waals surface area contributed by atoms with Gasteiger partial charge in [-0.2, -0.15) is 0 Å². The fourth-order valence-corrected chi connectivity index (χ4v) is 4.43. The van der Waals surface area contributed by atoms with E-state index in [9.17, 15) is 9.59 Å². The number of ether oxygens (including phenoxy) is 1. The van der Waals surface area contributed by atoms with Gasteiger partial charge in [0, 0.05) is 13.0 Å². The Morgan fingerprint density at radius 3 is 2.70 bits per heavy atom. The Morgan fingerprint density at radius 2 is 2.04 bits per heavy atom. The largest absolute Gasteiger partial charge is 0.353 e. The third kappa shape index (κ3) is 4.52. The van der Waals surface area contributed by atoms with Crippen molar-refractivity contribution in [2.75, 3.05) is 6.61 Å². The van der Waals surface area contributed by atoms with Crippen molar-refractivity contribution < 1.29 is 14.3 Å². The molecule has 1 aromatic rings. The van der Waals surface area contributed by atoms with Crippen LogP contribution in [0.3, 0.4) is 0 Å². The molecule has 1 saturated carbocycles. The molecule has 3 atom stereocenters. The van der Waals surface area contributed by atoms with Crippen molar-refractivity contribution in [3.8, 4) is 0 Å². The summed E-state index contributed by atoms with van der Waals surface area (Å²) in [6.45, 7) is 7.03. The van der Waals surface area contributed by atoms with Crippen LogP contribution in [0.2, 0.25) is 0 Å². The summed E-state index contributed by atoms with van der Waals surface area (Å²) >= 11 is 0. The molecule has 2 fully saturated rings. The molecule has 0 radical (unpaired) electrons. The van der Waals surface area contributed by atoms with Crippen molar-refractivity contribution in [2.24, 2.45) is 11.8 Å². The fraction of sp³-hybridized carbons (Fsp3) is 0.636. The van der Waals surface area contributed by atoms with Crippen LogP contribution in [0.5, 0.6) is 0 Å². The summed E-state index contributed by atoms with van der Waals surface area (Å²) in [5, 5.41) is 3.00. The van der Waals surface area contributed by atoms with E-state index in [0.29, 0.717) is 18.9 Å². The van der Waals surface area contributed by atoms with Gasteiger partial charge in [0.05, 0.1) is 6.61 Å². The van der Waals surface area contributed by atoms with Crippen molar-refractivity contribution in [1.29, 1.82) is 0 Å². The molecule has 1 N–H and O–H groups in total. The van der Waals surface area contributed by atoms with Gasteiger partial charge in [-0.15, -0.1) is 0 Å². The highest BCUT2D eigenvalue weighted by molar-refractivity contribution is 5.89. The Hall–Kier alpha value is -1.88. The molecule has 1 heterocycles. The molecule has 2 aliphatic rings. The summed E-state index contributed by atoms with van der Waals surface area (Å²) in [6, 6.07) is 9.30. The number of rotatable bonds is 5. The van der Waals surface area contributed by atoms with Crippen LogP contribution < -0.4 is 5.32 Å². The zero-order valence-electron chi connectivity index (χ0n) is 16.7. The van der Waals surface area contributed by atoms with E-state index < -0.39 is 11.8 Å². The van der Waals surface area contributed by atoms with Crippen LogP contribution in [0.1, 0.15) is 58.4 Å². The first kappa shape index (κ1) is 19.9. The summed E-state index contributed by atoms with van der Waals surface area (Å²) in [5.41, 5.74) is 0.448. The maximum absolute atomic E-state index is 13.1. The Kier molecular flexibility index (Phi) is 6.20. The smallest absolute Gasteiger partial charge is 0.245 e. The summed E-state index contributed by atoms with van der Waals surface area (Å²) in [4.78, 5) is 27.8. The van der Waals surface area contributed by atoms with E-state index in [0.717, 1.165) is 31.2 Å². The van der Waals surface area contributed by atoms with Crippen molar-refractivity contribution in [3.63, 3.8) is 0 Å². The van der Waals surface area contributed by atoms with Crippen molar-refractivity contribution in [1.82, 2.24) is 10.2 Å². The molecule has 2 amide bonds. The summed E-state index contributed by atoms with van der Waals surface area (Å²) < 4.78 is 6.20. The molecule has 1 aromatic carbocycles. The van der Waals surface area contributed by atoms with Crippen LogP contribution in [0, 0.1) is 11.8 Å². The highest BCUT2D eigenvalue weighted by Gasteiger charge is 2.53. The van der Waals surface area contributed by atoms with E-state index in [1.807, 2.05) is 44.2 Å². The standard InChI is InChI=1S/C22H32N2O3/c1-16(2)12-20(25)24-19(15-27-22(24)11-7-8-17(3)13-22)21(26)23-14-18-9-5-4-6-10-18/h4-6,9-10,16-17,19H,7-8,11-15H2,1-3H3,(H,23,26)/t17-,19+,22-/m1/s1. The summed E-state index contributed by atoms with van der Waals surface area (Å²) in [5.74, 6) is 0.672. The Morgan fingerprint density at radius 1 is 1.30 bits per heavy atom. The van der Waals surface area contributed by atoms with Crippen LogP contribution >= 0.6 is 0 Å². The molecule has 0 aromatic heterocycles. The SMILES string of the molecule is CC(C)CC(=O)N1[C@H](C(=O)NCc2ccccc2)CO[C@@]12CCC[C@@H](C)C2. The van der Waals surface area contributed by atoms with Crippen LogP contribution in [-0.2, 0) is 20.9 Å². The number of carbonyl (C=O) groups excluding carboxylic acids is 2. The lowest BCUT2D eigenvalue weighted by Crippen LogP contribution is -2.57. The van der Waals surface area contributed by atoms with Crippen molar-refractivity contribution in [2.45, 2.75) is 71.2 Å². The Bertz CT molecular complexity index is 661. The predicted octanol–water partition coefficient (Wildman–Crippen LogP) is 3.48. The van der Waals surface area contributed by atoms with Gasteiger partial charge in [-0.1, -0.05) is 57.5 Å². The predicted molar refractivity (Wildman–Crippen MR) is 105 cm³/mol. The van der Waals surface area contributed by atoms with E-state index in [1.54, 1.807) is 4.90 Å². The molecule has 5 heteroatoms. The number of amides is 2. The third-order valence-electron chi connectivity index (χ3n) is 5.66. The van der Waals surface area contributed by atoms with Crippen LogP contribution in [0.4, 0.5) is 0 Å². The number of carbonyl (C=O) groups is 2. The second-order valence-corrected chi connectivity index (χ2v) is 8.54. The van der Waals surface area contributed by atoms with Gasteiger partial charge in [-0.05, 0) is 36.7 Å². The lowest BCUT2D eigenvalue weighted by molar-refractivity contribution is -0.163. The molecule has 5 nitrogen and oxygen atoms in total. The lowest BCUT2D eigenvalue weighted by atomic mass is 9.83. The zero-order chi connectivity index (χ0) is 19.4. The van der Waals surface area contributed by atoms with Crippen molar-refractivity contribution in [3.05, 3.63) is 35.9 Å². The second-order valence-electron chi connectivity index (χ2n) is 8.54. The number of hydrogen-bond donors (Lipinski definition) is 1. The molecule has 0 bridgehead atoms. The summed E-state index contributed by atoms with van der Waals surface area (Å²) in [6.07, 6.45) is 4.28. The quantitative estimate of drug-likeness (QED) is 0.861. The molecule has 1 spiro atoms. The van der Waals surface area contributed by atoms with Gasteiger partial charge in [-0.3, -0.25) is 14.5 Å². The normalized spacial score (nSPS) is 27.9. The van der Waals surface area contributed by atoms with E-state index in [2.05, 4.69) is 12.2 Å². The van der Waals surface area contributed by atoms with E-state index >= 15 is 0 Å². The minimum absolute atomic E-state index is 0.0384. The van der Waals surface area contributed by atoms with Gasteiger partial charge in [0.1, 0.15) is 11.8 Å². The molecule has 27 heavy (non-hydrogen) atoms. The first-order chi connectivity index (χ1) is 12.9. The first-order valence-corrected chi connectivity index (χ1v) is 10.2. The van der Waals surface area contributed by atoms with Crippen molar-refractivity contribution >= 4 is 11.8 Å². The van der Waals surface area contributed by atoms with Gasteiger partial charge in [-0.25, -0.2) is 0 Å². The van der Waals surface area contributed by atoms with Gasteiger partial charge in [0.15, 0.2) is 0 Å². The highest BCUT2D eigenvalue weighted by Crippen LogP contribution is 2.43. The maximum Gasteiger partial charge on any atom is 0.245 e. The second kappa shape index (κ2) is 8.42. The maximum atomic E-state index is 13.1. The topological polar surface area (TPSA) is 58.6 Å². The number of benzene rings is 1. The zero-order valence-corrected chi connectivity index (χ0v) is 16.7. The molecule has 1 aliphatic carbocycles. The van der Waals surface area contributed by atoms with Gasteiger partial charge in [0.25, 0.3) is 0 Å². The van der Waals surface area contributed by atoms with Crippen LogP contribution in [0.15, 0.2) is 30.3 Å². The minimum Gasteiger partial charge on any atom is -0.353 e. The molecule has 0 unspecified atom stereocenters. The highest BCUT2D eigenvalue weighted by atomic mass is 16.5. The van der Waals surface area contributed by atoms with Gasteiger partial charge >= 0.3 is 0 Å². The van der Waals surface area contributed by atoms with Crippen LogP contribution in [0.25, 0.3) is 0 Å². The molecule has 1 saturated heterocycles. The first-order valence-electron chi connectivity index (χ1n) is 10.2. The Labute approximate surface area is 162 Å². The van der Waals surface area contributed by atoms with E-state index in [4.69, 9.17) is 4.74 Å². The average molecular weight is 373 g/mol. The monoisotopic (exact) mass is 372 g/mol. The lowest BCUT2D eigenvalue weighted by Gasteiger charge is -2.43. The minimum atomic E-state index is -0.599. The summed E-state index contributed by atoms with van der Waals surface area (Å²) in [7, 11) is 0. The molecule has 1 aliphatic heterocycles. The Balaban J connectivity index is 1.76. The molecular weight excluding hydrogens is 340 g/mol. The number of nitrogens with one attached hydrogen (secondary N) is 1. The van der Waals surface area contributed by atoms with E-state index in [-0.39, 0.29) is 24.3 Å². The number of hydrogen-bond acceptors (Lipinski definition) is 3. The molecule has 3 rings (SSSR count). The fourth-order valence-electron chi connectivity index (χ4n) is 4.43. The van der Waals surface area contributed by atoms with Crippen LogP contribution in [-0.4, -0.2) is 35.1 Å².